The molecule has 7 heteroatoms. The van der Waals surface area contributed by atoms with E-state index in [0.29, 0.717) is 0 Å². The van der Waals surface area contributed by atoms with Crippen molar-refractivity contribution in [3.8, 4) is 0 Å². The van der Waals surface area contributed by atoms with Crippen LogP contribution < -0.4 is 0 Å². The first-order valence-electron chi connectivity index (χ1n) is 4.96. The maximum Gasteiger partial charge on any atom is 0.306 e. The van der Waals surface area contributed by atoms with Gasteiger partial charge in [0.15, 0.2) is 0 Å². The Labute approximate surface area is 116 Å². The van der Waals surface area contributed by atoms with E-state index in [0.717, 1.165) is 31.6 Å². The molecule has 0 atom stereocenters. The minimum atomic E-state index is -1.14. The number of hydrogen-bond donors (Lipinski definition) is 1. The van der Waals surface area contributed by atoms with Gasteiger partial charge in [0.1, 0.15) is 0 Å². The van der Waals surface area contributed by atoms with Crippen molar-refractivity contribution in [3.05, 3.63) is 0 Å². The SMILES string of the molecule is CC1CCC(C(=O)O)CC1.Cl.O=C(Cl)C(=O)Cl. The maximum atomic E-state index is 10.5. The first-order chi connectivity index (χ1) is 7.34. The van der Waals surface area contributed by atoms with Crippen LogP contribution in [-0.2, 0) is 14.4 Å². The molecule has 1 fully saturated rings. The second-order valence-corrected chi connectivity index (χ2v) is 4.53. The number of hydrogen-bond acceptors (Lipinski definition) is 3. The zero-order chi connectivity index (χ0) is 12.7. The highest BCUT2D eigenvalue weighted by atomic mass is 35.5. The highest BCUT2D eigenvalue weighted by Gasteiger charge is 2.23. The summed E-state index contributed by atoms with van der Waals surface area (Å²) in [6.45, 7) is 2.19. The minimum Gasteiger partial charge on any atom is -0.481 e. The number of carboxylic acid groups (broad SMARTS) is 1. The van der Waals surface area contributed by atoms with Gasteiger partial charge in [-0.1, -0.05) is 6.92 Å². The lowest BCUT2D eigenvalue weighted by molar-refractivity contribution is -0.143. The van der Waals surface area contributed by atoms with Gasteiger partial charge in [-0.15, -0.1) is 12.4 Å². The topological polar surface area (TPSA) is 71.4 Å². The molecule has 0 spiro atoms. The zero-order valence-electron chi connectivity index (χ0n) is 9.32. The van der Waals surface area contributed by atoms with Gasteiger partial charge in [0, 0.05) is 0 Å². The predicted molar refractivity (Wildman–Crippen MR) is 67.7 cm³/mol. The van der Waals surface area contributed by atoms with Crippen molar-refractivity contribution in [2.45, 2.75) is 32.6 Å². The normalized spacial score (nSPS) is 22.5. The average molecular weight is 306 g/mol. The molecule has 4 nitrogen and oxygen atoms in total. The molecule has 0 aromatic heterocycles. The molecule has 0 saturated heterocycles. The summed E-state index contributed by atoms with van der Waals surface area (Å²) in [6, 6.07) is 0. The monoisotopic (exact) mass is 304 g/mol. The Morgan fingerprint density at radius 1 is 1.00 bits per heavy atom. The molecule has 1 rings (SSSR count). The Hall–Kier alpha value is -0.320. The van der Waals surface area contributed by atoms with E-state index in [1.165, 1.54) is 0 Å². The van der Waals surface area contributed by atoms with Crippen LogP contribution in [0.3, 0.4) is 0 Å². The van der Waals surface area contributed by atoms with E-state index in [9.17, 15) is 14.4 Å². The molecule has 1 aliphatic carbocycles. The second-order valence-electron chi connectivity index (χ2n) is 3.84. The van der Waals surface area contributed by atoms with Crippen LogP contribution in [0.2, 0.25) is 0 Å². The number of carbonyl (C=O) groups is 3. The van der Waals surface area contributed by atoms with Crippen LogP contribution in [0, 0.1) is 11.8 Å². The summed E-state index contributed by atoms with van der Waals surface area (Å²) in [4.78, 5) is 29.3. The molecule has 0 radical (unpaired) electrons. The molecule has 0 heterocycles. The molecule has 0 bridgehead atoms. The van der Waals surface area contributed by atoms with E-state index in [1.54, 1.807) is 0 Å². The summed E-state index contributed by atoms with van der Waals surface area (Å²) >= 11 is 8.98. The number of aliphatic carboxylic acids is 1. The average Bonchev–Trinajstić information content (AvgIpc) is 2.19. The van der Waals surface area contributed by atoms with Gasteiger partial charge in [0.25, 0.3) is 0 Å². The Morgan fingerprint density at radius 2 is 1.35 bits per heavy atom. The van der Waals surface area contributed by atoms with Gasteiger partial charge in [-0.25, -0.2) is 0 Å². The molecular formula is C10H15Cl3O4. The van der Waals surface area contributed by atoms with E-state index in [-0.39, 0.29) is 18.3 Å². The Bertz CT molecular complexity index is 261. The number of carboxylic acids is 1. The molecule has 1 aliphatic rings. The van der Waals surface area contributed by atoms with Gasteiger partial charge in [0.2, 0.25) is 0 Å². The molecule has 0 aromatic carbocycles. The van der Waals surface area contributed by atoms with E-state index in [4.69, 9.17) is 5.11 Å². The summed E-state index contributed by atoms with van der Waals surface area (Å²) < 4.78 is 0. The summed E-state index contributed by atoms with van der Waals surface area (Å²) in [7, 11) is 0. The van der Waals surface area contributed by atoms with Crippen LogP contribution in [0.15, 0.2) is 0 Å². The van der Waals surface area contributed by atoms with Crippen molar-refractivity contribution < 1.29 is 19.5 Å². The molecule has 17 heavy (non-hydrogen) atoms. The van der Waals surface area contributed by atoms with Gasteiger partial charge in [-0.05, 0) is 54.8 Å². The smallest absolute Gasteiger partial charge is 0.306 e. The van der Waals surface area contributed by atoms with Crippen molar-refractivity contribution in [2.75, 3.05) is 0 Å². The van der Waals surface area contributed by atoms with Crippen molar-refractivity contribution in [1.29, 1.82) is 0 Å². The highest BCUT2D eigenvalue weighted by Crippen LogP contribution is 2.27. The molecule has 0 unspecified atom stereocenters. The molecule has 100 valence electrons. The summed E-state index contributed by atoms with van der Waals surface area (Å²) in [5.41, 5.74) is 0. The van der Waals surface area contributed by atoms with Crippen molar-refractivity contribution in [1.82, 2.24) is 0 Å². The van der Waals surface area contributed by atoms with Crippen molar-refractivity contribution in [2.24, 2.45) is 11.8 Å². The maximum absolute atomic E-state index is 10.5. The van der Waals surface area contributed by atoms with Crippen LogP contribution >= 0.6 is 35.6 Å². The van der Waals surface area contributed by atoms with E-state index < -0.39 is 16.5 Å². The molecule has 0 amide bonds. The van der Waals surface area contributed by atoms with Crippen LogP contribution in [0.5, 0.6) is 0 Å². The fourth-order valence-corrected chi connectivity index (χ4v) is 1.51. The standard InChI is InChI=1S/C8H14O2.C2Cl2O2.ClH/c1-6-2-4-7(5-3-6)8(9)10;3-1(5)2(4)6;/h6-7H,2-5H2,1H3,(H,9,10);;1H. The Kier molecular flexibility index (Phi) is 10.8. The highest BCUT2D eigenvalue weighted by molar-refractivity contribution is 6.97. The van der Waals surface area contributed by atoms with Crippen LogP contribution in [0.1, 0.15) is 32.6 Å². The lowest BCUT2D eigenvalue weighted by Gasteiger charge is -2.22. The Morgan fingerprint density at radius 3 is 1.59 bits per heavy atom. The minimum absolute atomic E-state index is 0. The lowest BCUT2D eigenvalue weighted by atomic mass is 9.83. The Balaban J connectivity index is 0. The zero-order valence-corrected chi connectivity index (χ0v) is 11.6. The molecule has 0 aromatic rings. The van der Waals surface area contributed by atoms with E-state index >= 15 is 0 Å². The van der Waals surface area contributed by atoms with Gasteiger partial charge in [0.05, 0.1) is 5.92 Å². The quantitative estimate of drug-likeness (QED) is 0.629. The number of rotatable bonds is 2. The summed E-state index contributed by atoms with van der Waals surface area (Å²) in [6.07, 6.45) is 3.96. The third-order valence-electron chi connectivity index (χ3n) is 2.52. The number of carbonyl (C=O) groups excluding carboxylic acids is 2. The molecule has 1 saturated carbocycles. The van der Waals surface area contributed by atoms with Crippen molar-refractivity contribution >= 4 is 52.1 Å². The fourth-order valence-electron chi connectivity index (χ4n) is 1.51. The van der Waals surface area contributed by atoms with Gasteiger partial charge < -0.3 is 5.11 Å². The third-order valence-corrected chi connectivity index (χ3v) is 2.96. The lowest BCUT2D eigenvalue weighted by Crippen LogP contribution is -2.19. The van der Waals surface area contributed by atoms with Crippen LogP contribution in [0.25, 0.3) is 0 Å². The van der Waals surface area contributed by atoms with E-state index in [2.05, 4.69) is 30.1 Å². The first-order valence-corrected chi connectivity index (χ1v) is 5.72. The third kappa shape index (κ3) is 9.39. The van der Waals surface area contributed by atoms with Gasteiger partial charge >= 0.3 is 16.5 Å². The second kappa shape index (κ2) is 9.68. The van der Waals surface area contributed by atoms with E-state index in [1.807, 2.05) is 0 Å². The summed E-state index contributed by atoms with van der Waals surface area (Å²) in [5, 5.41) is 6.34. The number of halogens is 3. The molecule has 0 aliphatic heterocycles. The van der Waals surface area contributed by atoms with Gasteiger partial charge in [-0.3, -0.25) is 14.4 Å². The predicted octanol–water partition coefficient (Wildman–Crippen LogP) is 2.84. The first kappa shape index (κ1) is 19.0. The fraction of sp³-hybridized carbons (Fsp3) is 0.700. The largest absolute Gasteiger partial charge is 0.481 e. The van der Waals surface area contributed by atoms with Crippen LogP contribution in [-0.4, -0.2) is 21.6 Å². The molecular weight excluding hydrogens is 290 g/mol. The molecule has 1 N–H and O–H groups in total. The van der Waals surface area contributed by atoms with Gasteiger partial charge in [-0.2, -0.15) is 0 Å². The van der Waals surface area contributed by atoms with Crippen molar-refractivity contribution in [3.63, 3.8) is 0 Å². The summed E-state index contributed by atoms with van der Waals surface area (Å²) in [5.74, 6) is 0.0960. The van der Waals surface area contributed by atoms with Crippen LogP contribution in [0.4, 0.5) is 0 Å².